The van der Waals surface area contributed by atoms with Crippen LogP contribution in [0.2, 0.25) is 0 Å². The first kappa shape index (κ1) is 9.05. The Bertz CT molecular complexity index is 324. The largest absolute Gasteiger partial charge is 0.382 e. The van der Waals surface area contributed by atoms with Crippen molar-refractivity contribution < 1.29 is 0 Å². The van der Waals surface area contributed by atoms with Gasteiger partial charge in [0.2, 0.25) is 0 Å². The SMILES string of the molecule is N=C(c1[nH]cnc1N)N1CCCCC1. The van der Waals surface area contributed by atoms with Gasteiger partial charge >= 0.3 is 0 Å². The molecular weight excluding hydrogens is 178 g/mol. The molecule has 0 unspecified atom stereocenters. The van der Waals surface area contributed by atoms with Crippen LogP contribution in [0, 0.1) is 5.41 Å². The van der Waals surface area contributed by atoms with Crippen molar-refractivity contribution in [3.63, 3.8) is 0 Å². The van der Waals surface area contributed by atoms with E-state index >= 15 is 0 Å². The molecule has 4 N–H and O–H groups in total. The monoisotopic (exact) mass is 193 g/mol. The maximum absolute atomic E-state index is 7.96. The van der Waals surface area contributed by atoms with Crippen molar-refractivity contribution in [2.75, 3.05) is 18.8 Å². The Kier molecular flexibility index (Phi) is 2.39. The van der Waals surface area contributed by atoms with E-state index in [1.54, 1.807) is 0 Å². The van der Waals surface area contributed by atoms with Gasteiger partial charge in [0.1, 0.15) is 11.5 Å². The minimum atomic E-state index is 0.417. The molecule has 0 bridgehead atoms. The van der Waals surface area contributed by atoms with Crippen molar-refractivity contribution in [3.05, 3.63) is 12.0 Å². The fourth-order valence-electron chi connectivity index (χ4n) is 1.77. The lowest BCUT2D eigenvalue weighted by Gasteiger charge is -2.28. The van der Waals surface area contributed by atoms with E-state index in [9.17, 15) is 0 Å². The molecule has 0 aliphatic carbocycles. The van der Waals surface area contributed by atoms with Gasteiger partial charge in [0.05, 0.1) is 6.33 Å². The molecule has 1 aliphatic heterocycles. The number of aromatic amines is 1. The topological polar surface area (TPSA) is 81.8 Å². The average Bonchev–Trinajstić information content (AvgIpc) is 2.65. The summed E-state index contributed by atoms with van der Waals surface area (Å²) in [6.45, 7) is 1.91. The van der Waals surface area contributed by atoms with E-state index in [-0.39, 0.29) is 0 Å². The van der Waals surface area contributed by atoms with Crippen molar-refractivity contribution >= 4 is 11.7 Å². The molecule has 5 heteroatoms. The van der Waals surface area contributed by atoms with Crippen molar-refractivity contribution in [3.8, 4) is 0 Å². The zero-order chi connectivity index (χ0) is 9.97. The van der Waals surface area contributed by atoms with E-state index in [2.05, 4.69) is 9.97 Å². The molecule has 0 saturated carbocycles. The molecule has 1 aromatic heterocycles. The molecule has 1 saturated heterocycles. The molecule has 14 heavy (non-hydrogen) atoms. The number of amidine groups is 1. The Morgan fingerprint density at radius 2 is 2.14 bits per heavy atom. The number of nitrogens with two attached hydrogens (primary N) is 1. The molecule has 0 atom stereocenters. The van der Waals surface area contributed by atoms with Gasteiger partial charge in [0, 0.05) is 13.1 Å². The summed E-state index contributed by atoms with van der Waals surface area (Å²) in [6.07, 6.45) is 5.12. The highest BCUT2D eigenvalue weighted by Crippen LogP contribution is 2.14. The van der Waals surface area contributed by atoms with E-state index in [1.807, 2.05) is 4.90 Å². The van der Waals surface area contributed by atoms with Crippen LogP contribution in [0.25, 0.3) is 0 Å². The number of nitrogen functional groups attached to an aromatic ring is 1. The highest BCUT2D eigenvalue weighted by molar-refractivity contribution is 5.98. The van der Waals surface area contributed by atoms with E-state index < -0.39 is 0 Å². The lowest BCUT2D eigenvalue weighted by molar-refractivity contribution is 0.340. The molecule has 2 heterocycles. The minimum Gasteiger partial charge on any atom is -0.382 e. The first-order valence-electron chi connectivity index (χ1n) is 4.92. The second-order valence-electron chi connectivity index (χ2n) is 3.56. The summed E-state index contributed by atoms with van der Waals surface area (Å²) >= 11 is 0. The van der Waals surface area contributed by atoms with Gasteiger partial charge in [-0.25, -0.2) is 4.98 Å². The Labute approximate surface area is 82.8 Å². The lowest BCUT2D eigenvalue weighted by atomic mass is 10.1. The van der Waals surface area contributed by atoms with Crippen molar-refractivity contribution in [1.29, 1.82) is 5.41 Å². The number of hydrogen-bond acceptors (Lipinski definition) is 3. The van der Waals surface area contributed by atoms with Crippen LogP contribution in [0.3, 0.4) is 0 Å². The van der Waals surface area contributed by atoms with Crippen LogP contribution in [-0.4, -0.2) is 33.8 Å². The van der Waals surface area contributed by atoms with Crippen molar-refractivity contribution in [1.82, 2.24) is 14.9 Å². The highest BCUT2D eigenvalue weighted by atomic mass is 15.2. The predicted octanol–water partition coefficient (Wildman–Crippen LogP) is 0.803. The van der Waals surface area contributed by atoms with E-state index in [4.69, 9.17) is 11.1 Å². The van der Waals surface area contributed by atoms with Crippen molar-refractivity contribution in [2.45, 2.75) is 19.3 Å². The quantitative estimate of drug-likeness (QED) is 0.456. The number of rotatable bonds is 1. The average molecular weight is 193 g/mol. The van der Waals surface area contributed by atoms with Gasteiger partial charge in [-0.1, -0.05) is 0 Å². The third-order valence-corrected chi connectivity index (χ3v) is 2.58. The molecular formula is C9H15N5. The lowest BCUT2D eigenvalue weighted by Crippen LogP contribution is -2.36. The Morgan fingerprint density at radius 3 is 2.71 bits per heavy atom. The number of piperidine rings is 1. The number of anilines is 1. The first-order valence-corrected chi connectivity index (χ1v) is 4.92. The van der Waals surface area contributed by atoms with Crippen LogP contribution in [-0.2, 0) is 0 Å². The number of likely N-dealkylation sites (tertiary alicyclic amines) is 1. The first-order chi connectivity index (χ1) is 6.79. The molecule has 1 aliphatic rings. The highest BCUT2D eigenvalue weighted by Gasteiger charge is 2.17. The molecule has 2 rings (SSSR count). The summed E-state index contributed by atoms with van der Waals surface area (Å²) < 4.78 is 0. The van der Waals surface area contributed by atoms with Gasteiger partial charge in [-0.15, -0.1) is 0 Å². The van der Waals surface area contributed by atoms with Crippen LogP contribution < -0.4 is 5.73 Å². The third-order valence-electron chi connectivity index (χ3n) is 2.58. The maximum atomic E-state index is 7.96. The normalized spacial score (nSPS) is 17.0. The zero-order valence-corrected chi connectivity index (χ0v) is 8.08. The summed E-state index contributed by atoms with van der Waals surface area (Å²) in [6, 6.07) is 0. The summed E-state index contributed by atoms with van der Waals surface area (Å²) in [7, 11) is 0. The van der Waals surface area contributed by atoms with Crippen LogP contribution in [0.5, 0.6) is 0 Å². The number of imidazole rings is 1. The third kappa shape index (κ3) is 1.57. The molecule has 1 fully saturated rings. The smallest absolute Gasteiger partial charge is 0.152 e. The number of nitrogens with zero attached hydrogens (tertiary/aromatic N) is 2. The second-order valence-corrected chi connectivity index (χ2v) is 3.56. The van der Waals surface area contributed by atoms with Gasteiger partial charge in [-0.2, -0.15) is 0 Å². The number of hydrogen-bond donors (Lipinski definition) is 3. The van der Waals surface area contributed by atoms with Crippen LogP contribution in [0.15, 0.2) is 6.33 Å². The molecule has 0 amide bonds. The Morgan fingerprint density at radius 1 is 1.43 bits per heavy atom. The Balaban J connectivity index is 2.11. The fourth-order valence-corrected chi connectivity index (χ4v) is 1.77. The number of H-pyrrole nitrogens is 1. The second kappa shape index (κ2) is 3.69. The van der Waals surface area contributed by atoms with Crippen LogP contribution in [0.4, 0.5) is 5.82 Å². The van der Waals surface area contributed by atoms with Crippen molar-refractivity contribution in [2.24, 2.45) is 0 Å². The van der Waals surface area contributed by atoms with Gasteiger partial charge < -0.3 is 15.6 Å². The fraction of sp³-hybridized carbons (Fsp3) is 0.556. The number of aromatic nitrogens is 2. The molecule has 76 valence electrons. The molecule has 1 aromatic rings. The summed E-state index contributed by atoms with van der Waals surface area (Å²) in [5.74, 6) is 0.889. The molecule has 0 radical (unpaired) electrons. The van der Waals surface area contributed by atoms with Crippen LogP contribution >= 0.6 is 0 Å². The molecule has 0 aromatic carbocycles. The number of nitrogens with one attached hydrogen (secondary N) is 2. The predicted molar refractivity (Wildman–Crippen MR) is 55.3 cm³/mol. The summed E-state index contributed by atoms with van der Waals surface area (Å²) in [5, 5.41) is 7.96. The van der Waals surface area contributed by atoms with Gasteiger partial charge in [-0.3, -0.25) is 5.41 Å². The van der Waals surface area contributed by atoms with E-state index in [0.717, 1.165) is 25.9 Å². The van der Waals surface area contributed by atoms with Gasteiger partial charge in [0.15, 0.2) is 5.82 Å². The summed E-state index contributed by atoms with van der Waals surface area (Å²) in [5.41, 5.74) is 6.28. The van der Waals surface area contributed by atoms with E-state index in [1.165, 1.54) is 12.7 Å². The standard InChI is InChI=1S/C9H15N5/c10-8-7(12-6-13-8)9(11)14-4-2-1-3-5-14/h6,11H,1-5,10H2,(H,12,13). The van der Waals surface area contributed by atoms with Gasteiger partial charge in [-0.05, 0) is 19.3 Å². The Hall–Kier alpha value is -1.52. The zero-order valence-electron chi connectivity index (χ0n) is 8.08. The van der Waals surface area contributed by atoms with Gasteiger partial charge in [0.25, 0.3) is 0 Å². The maximum Gasteiger partial charge on any atom is 0.152 e. The summed E-state index contributed by atoms with van der Waals surface area (Å²) in [4.78, 5) is 8.84. The molecule has 5 nitrogen and oxygen atoms in total. The minimum absolute atomic E-state index is 0.417. The van der Waals surface area contributed by atoms with Crippen LogP contribution in [0.1, 0.15) is 25.0 Å². The molecule has 0 spiro atoms. The van der Waals surface area contributed by atoms with E-state index in [0.29, 0.717) is 17.3 Å².